The minimum absolute atomic E-state index is 0.0282. The summed E-state index contributed by atoms with van der Waals surface area (Å²) in [7, 11) is 0. The van der Waals surface area contributed by atoms with E-state index < -0.39 is 17.9 Å². The number of carbonyl (C=O) groups is 2. The van der Waals surface area contributed by atoms with Crippen molar-refractivity contribution in [2.24, 2.45) is 11.8 Å². The molecule has 0 saturated carbocycles. The van der Waals surface area contributed by atoms with Gasteiger partial charge in [0.2, 0.25) is 0 Å². The first-order chi connectivity index (χ1) is 8.50. The van der Waals surface area contributed by atoms with E-state index in [4.69, 9.17) is 5.11 Å². The lowest BCUT2D eigenvalue weighted by Crippen LogP contribution is -2.37. The molecule has 3 N–H and O–H groups in total. The number of aliphatic carboxylic acids is 1. The van der Waals surface area contributed by atoms with E-state index in [1.165, 1.54) is 0 Å². The Hall–Kier alpha value is -2.04. The Morgan fingerprint density at radius 3 is 2.33 bits per heavy atom. The van der Waals surface area contributed by atoms with Crippen molar-refractivity contribution in [1.29, 1.82) is 0 Å². The molecule has 0 radical (unpaired) electrons. The van der Waals surface area contributed by atoms with Crippen LogP contribution in [0.15, 0.2) is 30.3 Å². The zero-order chi connectivity index (χ0) is 13.5. The van der Waals surface area contributed by atoms with Crippen LogP contribution < -0.4 is 10.6 Å². The van der Waals surface area contributed by atoms with Crippen LogP contribution in [0, 0.1) is 11.8 Å². The van der Waals surface area contributed by atoms with Gasteiger partial charge in [0.25, 0.3) is 0 Å². The van der Waals surface area contributed by atoms with Gasteiger partial charge in [0, 0.05) is 12.2 Å². The van der Waals surface area contributed by atoms with Gasteiger partial charge in [0.05, 0.1) is 5.92 Å². The second kappa shape index (κ2) is 6.64. The van der Waals surface area contributed by atoms with Crippen LogP contribution in [-0.2, 0) is 4.79 Å². The summed E-state index contributed by atoms with van der Waals surface area (Å²) in [5.74, 6) is -1.50. The minimum atomic E-state index is -0.898. The van der Waals surface area contributed by atoms with Gasteiger partial charge in [0.1, 0.15) is 0 Å². The van der Waals surface area contributed by atoms with E-state index in [0.717, 1.165) is 0 Å². The molecule has 0 fully saturated rings. The van der Waals surface area contributed by atoms with Crippen molar-refractivity contribution in [3.05, 3.63) is 30.3 Å². The fourth-order valence-electron chi connectivity index (χ4n) is 1.51. The van der Waals surface area contributed by atoms with Crippen molar-refractivity contribution >= 4 is 17.7 Å². The average Bonchev–Trinajstić information content (AvgIpc) is 2.29. The van der Waals surface area contributed by atoms with Crippen molar-refractivity contribution in [2.75, 3.05) is 11.9 Å². The monoisotopic (exact) mass is 250 g/mol. The second-order valence-corrected chi connectivity index (χ2v) is 4.39. The molecule has 0 aromatic heterocycles. The lowest BCUT2D eigenvalue weighted by molar-refractivity contribution is -0.142. The fraction of sp³-hybridized carbons (Fsp3) is 0.385. The highest BCUT2D eigenvalue weighted by Crippen LogP contribution is 2.10. The quantitative estimate of drug-likeness (QED) is 0.749. The molecule has 0 spiro atoms. The van der Waals surface area contributed by atoms with E-state index in [9.17, 15) is 9.59 Å². The normalized spacial score (nSPS) is 11.9. The van der Waals surface area contributed by atoms with E-state index in [2.05, 4.69) is 10.6 Å². The lowest BCUT2D eigenvalue weighted by Gasteiger charge is -2.16. The maximum atomic E-state index is 11.5. The molecule has 1 atom stereocenters. The maximum absolute atomic E-state index is 11.5. The van der Waals surface area contributed by atoms with Crippen molar-refractivity contribution in [2.45, 2.75) is 13.8 Å². The standard InChI is InChI=1S/C13H18N2O3/c1-9(2)11(12(16)17)8-14-13(18)15-10-6-4-3-5-7-10/h3-7,9,11H,8H2,1-2H3,(H,16,17)(H2,14,15,18). The molecule has 0 aliphatic carbocycles. The van der Waals surface area contributed by atoms with Gasteiger partial charge in [-0.2, -0.15) is 0 Å². The number of carboxylic acid groups (broad SMARTS) is 1. The van der Waals surface area contributed by atoms with Gasteiger partial charge in [-0.15, -0.1) is 0 Å². The molecule has 1 aromatic rings. The summed E-state index contributed by atoms with van der Waals surface area (Å²) in [4.78, 5) is 22.5. The second-order valence-electron chi connectivity index (χ2n) is 4.39. The molecular formula is C13H18N2O3. The van der Waals surface area contributed by atoms with Crippen LogP contribution in [0.1, 0.15) is 13.8 Å². The maximum Gasteiger partial charge on any atom is 0.319 e. The number of hydrogen-bond acceptors (Lipinski definition) is 2. The van der Waals surface area contributed by atoms with Crippen molar-refractivity contribution in [1.82, 2.24) is 5.32 Å². The van der Waals surface area contributed by atoms with E-state index in [0.29, 0.717) is 5.69 Å². The molecule has 5 nitrogen and oxygen atoms in total. The molecule has 0 heterocycles. The summed E-state index contributed by atoms with van der Waals surface area (Å²) in [6, 6.07) is 8.59. The number of hydrogen-bond donors (Lipinski definition) is 3. The highest BCUT2D eigenvalue weighted by atomic mass is 16.4. The van der Waals surface area contributed by atoms with Crippen molar-refractivity contribution < 1.29 is 14.7 Å². The summed E-state index contributed by atoms with van der Waals surface area (Å²) in [5, 5.41) is 14.2. The molecule has 1 aromatic carbocycles. The van der Waals surface area contributed by atoms with E-state index in [-0.39, 0.29) is 12.5 Å². The summed E-state index contributed by atoms with van der Waals surface area (Å²) >= 11 is 0. The fourth-order valence-corrected chi connectivity index (χ4v) is 1.51. The lowest BCUT2D eigenvalue weighted by atomic mass is 9.96. The van der Waals surface area contributed by atoms with Crippen LogP contribution in [-0.4, -0.2) is 23.7 Å². The number of urea groups is 1. The summed E-state index contributed by atoms with van der Waals surface area (Å²) < 4.78 is 0. The Bertz CT molecular complexity index is 404. The first-order valence-corrected chi connectivity index (χ1v) is 5.83. The number of para-hydroxylation sites is 1. The Balaban J connectivity index is 2.44. The molecule has 98 valence electrons. The third-order valence-corrected chi connectivity index (χ3v) is 2.64. The summed E-state index contributed by atoms with van der Waals surface area (Å²) in [6.45, 7) is 3.75. The SMILES string of the molecule is CC(C)C(CNC(=O)Nc1ccccc1)C(=O)O. The Labute approximate surface area is 106 Å². The van der Waals surface area contributed by atoms with Gasteiger partial charge < -0.3 is 15.7 Å². The van der Waals surface area contributed by atoms with E-state index in [1.54, 1.807) is 12.1 Å². The van der Waals surface area contributed by atoms with Crippen LogP contribution in [0.25, 0.3) is 0 Å². The topological polar surface area (TPSA) is 78.4 Å². The predicted molar refractivity (Wildman–Crippen MR) is 69.4 cm³/mol. The molecule has 1 rings (SSSR count). The van der Waals surface area contributed by atoms with E-state index >= 15 is 0 Å². The highest BCUT2D eigenvalue weighted by Gasteiger charge is 2.21. The first kappa shape index (κ1) is 14.0. The highest BCUT2D eigenvalue weighted by molar-refractivity contribution is 5.89. The molecular weight excluding hydrogens is 232 g/mol. The van der Waals surface area contributed by atoms with Gasteiger partial charge in [-0.05, 0) is 18.1 Å². The van der Waals surface area contributed by atoms with Crippen LogP contribution >= 0.6 is 0 Å². The molecule has 0 saturated heterocycles. The van der Waals surface area contributed by atoms with Gasteiger partial charge in [-0.3, -0.25) is 4.79 Å². The molecule has 0 aliphatic heterocycles. The number of amides is 2. The Morgan fingerprint density at radius 2 is 1.83 bits per heavy atom. The molecule has 1 unspecified atom stereocenters. The number of carbonyl (C=O) groups excluding carboxylic acids is 1. The zero-order valence-corrected chi connectivity index (χ0v) is 10.5. The van der Waals surface area contributed by atoms with Gasteiger partial charge in [-0.25, -0.2) is 4.79 Å². The van der Waals surface area contributed by atoms with Crippen molar-refractivity contribution in [3.8, 4) is 0 Å². The summed E-state index contributed by atoms with van der Waals surface area (Å²) in [6.07, 6.45) is 0. The molecule has 0 bridgehead atoms. The average molecular weight is 250 g/mol. The van der Waals surface area contributed by atoms with Crippen LogP contribution in [0.2, 0.25) is 0 Å². The third kappa shape index (κ3) is 4.45. The molecule has 0 aliphatic rings. The Morgan fingerprint density at radius 1 is 1.22 bits per heavy atom. The van der Waals surface area contributed by atoms with Crippen LogP contribution in [0.3, 0.4) is 0 Å². The number of carboxylic acids is 1. The Kier molecular flexibility index (Phi) is 5.17. The smallest absolute Gasteiger partial charge is 0.319 e. The number of nitrogens with one attached hydrogen (secondary N) is 2. The van der Waals surface area contributed by atoms with Gasteiger partial charge in [0.15, 0.2) is 0 Å². The van der Waals surface area contributed by atoms with Gasteiger partial charge >= 0.3 is 12.0 Å². The largest absolute Gasteiger partial charge is 0.481 e. The number of benzene rings is 1. The molecule has 18 heavy (non-hydrogen) atoms. The van der Waals surface area contributed by atoms with Crippen LogP contribution in [0.4, 0.5) is 10.5 Å². The minimum Gasteiger partial charge on any atom is -0.481 e. The molecule has 2 amide bonds. The third-order valence-electron chi connectivity index (χ3n) is 2.64. The summed E-state index contributed by atoms with van der Waals surface area (Å²) in [5.41, 5.74) is 0.673. The van der Waals surface area contributed by atoms with Crippen molar-refractivity contribution in [3.63, 3.8) is 0 Å². The van der Waals surface area contributed by atoms with Gasteiger partial charge in [-0.1, -0.05) is 32.0 Å². The number of anilines is 1. The number of rotatable bonds is 5. The van der Waals surface area contributed by atoms with E-state index in [1.807, 2.05) is 32.0 Å². The zero-order valence-electron chi connectivity index (χ0n) is 10.5. The first-order valence-electron chi connectivity index (χ1n) is 5.83. The van der Waals surface area contributed by atoms with Crippen LogP contribution in [0.5, 0.6) is 0 Å². The molecule has 5 heteroatoms. The predicted octanol–water partition coefficient (Wildman–Crippen LogP) is 2.16.